The smallest absolute Gasteiger partial charge is 0.330 e. The SMILES string of the molecule is C=C(O)CCC(=C)C(=O)O.CCCCCCNCCCCN(CC)CCCOC(C)c1cc(OC)c(OC)c(OCC)c1. The van der Waals surface area contributed by atoms with Gasteiger partial charge in [-0.15, -0.1) is 0 Å². The number of aliphatic hydroxyl groups excluding tert-OH is 1. The van der Waals surface area contributed by atoms with Crippen LogP contribution in [0.25, 0.3) is 0 Å². The van der Waals surface area contributed by atoms with Gasteiger partial charge in [0.15, 0.2) is 11.5 Å². The number of nitrogens with one attached hydrogen (secondary N) is 1. The van der Waals surface area contributed by atoms with Crippen LogP contribution >= 0.6 is 0 Å². The van der Waals surface area contributed by atoms with Gasteiger partial charge in [-0.1, -0.05) is 46.3 Å². The average Bonchev–Trinajstić information content (AvgIpc) is 2.99. The zero-order valence-electron chi connectivity index (χ0n) is 27.8. The standard InChI is InChI=1S/C27H50N2O4.C7H10O3/c1-7-10-11-12-16-28-17-13-14-18-29(8-2)19-15-20-33-23(4)24-21-25(30-5)27(31-6)26(22-24)32-9-3;1-5(7(9)10)3-4-6(2)8/h21-23,28H,7-20H2,1-6H3;8H,1-4H2,(H,9,10). The first-order valence-electron chi connectivity index (χ1n) is 15.9. The topological polar surface area (TPSA) is 110 Å². The molecular weight excluding hydrogens is 548 g/mol. The highest BCUT2D eigenvalue weighted by Crippen LogP contribution is 2.40. The molecule has 1 aromatic rings. The minimum atomic E-state index is -1.03. The van der Waals surface area contributed by atoms with Gasteiger partial charge in [0.05, 0.1) is 32.7 Å². The van der Waals surface area contributed by atoms with Crippen molar-refractivity contribution in [1.82, 2.24) is 10.2 Å². The van der Waals surface area contributed by atoms with Crippen LogP contribution in [-0.2, 0) is 9.53 Å². The summed E-state index contributed by atoms with van der Waals surface area (Å²) >= 11 is 0. The first-order valence-corrected chi connectivity index (χ1v) is 15.9. The number of methoxy groups -OCH3 is 2. The molecule has 9 heteroatoms. The maximum atomic E-state index is 10.1. The van der Waals surface area contributed by atoms with Crippen molar-refractivity contribution in [3.05, 3.63) is 42.2 Å². The monoisotopic (exact) mass is 608 g/mol. The molecule has 0 heterocycles. The van der Waals surface area contributed by atoms with Gasteiger partial charge in [-0.05, 0) is 89.8 Å². The second-order valence-corrected chi connectivity index (χ2v) is 10.5. The summed E-state index contributed by atoms with van der Waals surface area (Å²) in [4.78, 5) is 12.6. The molecule has 43 heavy (non-hydrogen) atoms. The molecule has 9 nitrogen and oxygen atoms in total. The molecule has 0 fully saturated rings. The fourth-order valence-corrected chi connectivity index (χ4v) is 4.31. The molecule has 0 bridgehead atoms. The number of rotatable bonds is 25. The van der Waals surface area contributed by atoms with Crippen LogP contribution in [-0.4, -0.2) is 81.2 Å². The van der Waals surface area contributed by atoms with Gasteiger partial charge in [-0.2, -0.15) is 0 Å². The number of unbranched alkanes of at least 4 members (excludes halogenated alkanes) is 4. The summed E-state index contributed by atoms with van der Waals surface area (Å²) in [6.45, 7) is 22.0. The number of carboxylic acid groups (broad SMARTS) is 1. The van der Waals surface area contributed by atoms with E-state index in [2.05, 4.69) is 44.1 Å². The van der Waals surface area contributed by atoms with Gasteiger partial charge in [-0.25, -0.2) is 4.79 Å². The zero-order valence-corrected chi connectivity index (χ0v) is 27.8. The Morgan fingerprint density at radius 1 is 0.907 bits per heavy atom. The predicted octanol–water partition coefficient (Wildman–Crippen LogP) is 7.32. The summed E-state index contributed by atoms with van der Waals surface area (Å²) in [7, 11) is 3.27. The highest BCUT2D eigenvalue weighted by molar-refractivity contribution is 5.85. The molecule has 0 aliphatic carbocycles. The van der Waals surface area contributed by atoms with E-state index in [4.69, 9.17) is 29.2 Å². The van der Waals surface area contributed by atoms with Crippen LogP contribution < -0.4 is 19.5 Å². The van der Waals surface area contributed by atoms with Gasteiger partial charge in [0.1, 0.15) is 0 Å². The number of aliphatic hydroxyl groups is 1. The average molecular weight is 609 g/mol. The van der Waals surface area contributed by atoms with Crippen molar-refractivity contribution in [2.45, 2.75) is 91.6 Å². The molecule has 0 aliphatic rings. The minimum absolute atomic E-state index is 0.0117. The quantitative estimate of drug-likeness (QED) is 0.0597. The first kappa shape index (κ1) is 40.2. The Morgan fingerprint density at radius 3 is 2.12 bits per heavy atom. The van der Waals surface area contributed by atoms with E-state index in [1.807, 2.05) is 19.1 Å². The van der Waals surface area contributed by atoms with Crippen LogP contribution in [0.3, 0.4) is 0 Å². The van der Waals surface area contributed by atoms with Crippen molar-refractivity contribution in [2.75, 3.05) is 60.2 Å². The lowest BCUT2D eigenvalue weighted by atomic mass is 10.1. The normalized spacial score (nSPS) is 11.4. The van der Waals surface area contributed by atoms with Gasteiger partial charge >= 0.3 is 5.97 Å². The van der Waals surface area contributed by atoms with E-state index in [0.717, 1.165) is 44.8 Å². The van der Waals surface area contributed by atoms with Crippen LogP contribution in [0.15, 0.2) is 36.6 Å². The Balaban J connectivity index is 0.00000150. The summed E-state index contributed by atoms with van der Waals surface area (Å²) in [6.07, 6.45) is 9.34. The van der Waals surface area contributed by atoms with E-state index in [0.29, 0.717) is 23.9 Å². The fourth-order valence-electron chi connectivity index (χ4n) is 4.31. The molecule has 3 N–H and O–H groups in total. The lowest BCUT2D eigenvalue weighted by Crippen LogP contribution is -2.27. The van der Waals surface area contributed by atoms with E-state index < -0.39 is 5.97 Å². The molecule has 0 radical (unpaired) electrons. The minimum Gasteiger partial charge on any atom is -0.513 e. The molecule has 248 valence electrons. The Hall–Kier alpha value is -2.75. The molecule has 0 spiro atoms. The van der Waals surface area contributed by atoms with E-state index in [1.165, 1.54) is 45.1 Å². The number of allylic oxidation sites excluding steroid dienone is 1. The molecule has 0 saturated heterocycles. The molecule has 0 saturated carbocycles. The van der Waals surface area contributed by atoms with E-state index >= 15 is 0 Å². The highest BCUT2D eigenvalue weighted by atomic mass is 16.5. The molecular formula is C34H60N2O7. The lowest BCUT2D eigenvalue weighted by molar-refractivity contribution is -0.132. The van der Waals surface area contributed by atoms with Crippen LogP contribution in [0.1, 0.15) is 97.1 Å². The van der Waals surface area contributed by atoms with Gasteiger partial charge in [0.25, 0.3) is 0 Å². The Kier molecular flexibility index (Phi) is 24.1. The molecule has 1 unspecified atom stereocenters. The number of ether oxygens (including phenoxy) is 4. The lowest BCUT2D eigenvalue weighted by Gasteiger charge is -2.22. The first-order chi connectivity index (χ1) is 20.6. The summed E-state index contributed by atoms with van der Waals surface area (Å²) in [5.74, 6) is 0.947. The number of hydrogen-bond donors (Lipinski definition) is 3. The second-order valence-electron chi connectivity index (χ2n) is 10.5. The number of nitrogens with zero attached hydrogens (tertiary/aromatic N) is 1. The molecule has 1 atom stereocenters. The number of benzene rings is 1. The van der Waals surface area contributed by atoms with Crippen molar-refractivity contribution in [2.24, 2.45) is 0 Å². The summed E-state index contributed by atoms with van der Waals surface area (Å²) in [5.41, 5.74) is 1.13. The van der Waals surface area contributed by atoms with Crippen LogP contribution in [0, 0.1) is 0 Å². The van der Waals surface area contributed by atoms with Crippen molar-refractivity contribution >= 4 is 5.97 Å². The number of carboxylic acids is 1. The third-order valence-corrected chi connectivity index (χ3v) is 6.97. The Labute approximate surface area is 261 Å². The third kappa shape index (κ3) is 19.2. The van der Waals surface area contributed by atoms with E-state index in [1.54, 1.807) is 14.2 Å². The van der Waals surface area contributed by atoms with E-state index in [9.17, 15) is 4.79 Å². The Morgan fingerprint density at radius 2 is 1.56 bits per heavy atom. The number of carbonyl (C=O) groups is 1. The largest absolute Gasteiger partial charge is 0.513 e. The van der Waals surface area contributed by atoms with Crippen molar-refractivity contribution in [3.63, 3.8) is 0 Å². The summed E-state index contributed by atoms with van der Waals surface area (Å²) in [6, 6.07) is 3.97. The predicted molar refractivity (Wildman–Crippen MR) is 176 cm³/mol. The number of hydrogen-bond acceptors (Lipinski definition) is 8. The highest BCUT2D eigenvalue weighted by Gasteiger charge is 2.17. The maximum Gasteiger partial charge on any atom is 0.330 e. The van der Waals surface area contributed by atoms with Gasteiger partial charge < -0.3 is 39.4 Å². The number of aliphatic carboxylic acids is 1. The maximum absolute atomic E-state index is 10.1. The molecule has 1 aromatic carbocycles. The van der Waals surface area contributed by atoms with E-state index in [-0.39, 0.29) is 30.3 Å². The summed E-state index contributed by atoms with van der Waals surface area (Å²) in [5, 5.41) is 20.4. The van der Waals surface area contributed by atoms with Gasteiger partial charge in [0.2, 0.25) is 5.75 Å². The molecule has 1 rings (SSSR count). The molecule has 0 aromatic heterocycles. The Bertz CT molecular complexity index is 907. The second kappa shape index (κ2) is 25.7. The van der Waals surface area contributed by atoms with Gasteiger partial charge in [0, 0.05) is 25.1 Å². The summed E-state index contributed by atoms with van der Waals surface area (Å²) < 4.78 is 22.8. The van der Waals surface area contributed by atoms with Crippen LogP contribution in [0.5, 0.6) is 17.2 Å². The molecule has 0 aliphatic heterocycles. The van der Waals surface area contributed by atoms with Crippen LogP contribution in [0.2, 0.25) is 0 Å². The van der Waals surface area contributed by atoms with Crippen molar-refractivity contribution in [1.29, 1.82) is 0 Å². The molecule has 0 amide bonds. The van der Waals surface area contributed by atoms with Crippen LogP contribution in [0.4, 0.5) is 0 Å². The zero-order chi connectivity index (χ0) is 32.5. The van der Waals surface area contributed by atoms with Crippen molar-refractivity contribution in [3.8, 4) is 17.2 Å². The fraction of sp³-hybridized carbons (Fsp3) is 0.676. The van der Waals surface area contributed by atoms with Gasteiger partial charge in [-0.3, -0.25) is 0 Å². The third-order valence-electron chi connectivity index (χ3n) is 6.97. The van der Waals surface area contributed by atoms with Crippen molar-refractivity contribution < 1.29 is 34.0 Å².